The van der Waals surface area contributed by atoms with E-state index >= 15 is 0 Å². The van der Waals surface area contributed by atoms with Gasteiger partial charge >= 0.3 is 142 Å². The minimum absolute atomic E-state index is 0. The standard InChI is InChI=1S/C15H28NOSi2.2ClH.Zr/c1-9-19(8)12-10-11(17-18(5,6)7)13(14(12)19)16-15(2,3)4;;;/h11,16H,9H2,1-8H3;2*1H;/q;;;+2/p-2. The van der Waals surface area contributed by atoms with Crippen LogP contribution < -0.4 is 30.1 Å². The number of halogens is 2. The van der Waals surface area contributed by atoms with Crippen LogP contribution in [0, 0.1) is 0 Å². The van der Waals surface area contributed by atoms with Gasteiger partial charge in [0.2, 0.25) is 0 Å². The van der Waals surface area contributed by atoms with Crippen LogP contribution in [0.4, 0.5) is 0 Å². The predicted molar refractivity (Wildman–Crippen MR) is 87.3 cm³/mol. The maximum Gasteiger partial charge on any atom is -1.00 e. The normalized spacial score (nSPS) is 27.3. The number of rotatable bonds is 4. The van der Waals surface area contributed by atoms with Gasteiger partial charge in [-0.2, -0.15) is 0 Å². The van der Waals surface area contributed by atoms with E-state index in [4.69, 9.17) is 4.43 Å². The first-order valence-corrected chi connectivity index (χ1v) is 14.9. The van der Waals surface area contributed by atoms with Gasteiger partial charge in [0.15, 0.2) is 0 Å². The number of hydrogen-bond acceptors (Lipinski definition) is 2. The van der Waals surface area contributed by atoms with Gasteiger partial charge in [0, 0.05) is 0 Å². The molecule has 0 aromatic heterocycles. The average molecular weight is 457 g/mol. The van der Waals surface area contributed by atoms with Crippen molar-refractivity contribution in [3.8, 4) is 0 Å². The zero-order valence-electron chi connectivity index (χ0n) is 14.9. The van der Waals surface area contributed by atoms with Gasteiger partial charge in [-0.15, -0.1) is 0 Å². The van der Waals surface area contributed by atoms with Gasteiger partial charge in [0.1, 0.15) is 0 Å². The van der Waals surface area contributed by atoms with Crippen molar-refractivity contribution in [3.63, 3.8) is 0 Å². The van der Waals surface area contributed by atoms with Crippen LogP contribution in [0.3, 0.4) is 0 Å². The topological polar surface area (TPSA) is 21.3 Å². The maximum atomic E-state index is 6.51. The van der Waals surface area contributed by atoms with E-state index in [1.807, 2.05) is 0 Å². The fourth-order valence-corrected chi connectivity index (χ4v) is 11.4. The number of fused-ring (bicyclic) bond motifs is 1. The fraction of sp³-hybridized carbons (Fsp3) is 0.733. The van der Waals surface area contributed by atoms with E-state index in [-0.39, 0.29) is 36.5 Å². The Labute approximate surface area is 165 Å². The molecule has 2 atom stereocenters. The van der Waals surface area contributed by atoms with Gasteiger partial charge in [-0.25, -0.2) is 0 Å². The average Bonchev–Trinajstić information content (AvgIpc) is 2.77. The molecule has 125 valence electrons. The first-order valence-electron chi connectivity index (χ1n) is 7.58. The summed E-state index contributed by atoms with van der Waals surface area (Å²) in [5, 5.41) is 7.23. The zero-order valence-corrected chi connectivity index (χ0v) is 20.9. The molecule has 0 aromatic rings. The quantitative estimate of drug-likeness (QED) is 0.488. The second kappa shape index (κ2) is 7.17. The molecule has 0 aromatic carbocycles. The van der Waals surface area contributed by atoms with Crippen LogP contribution in [-0.4, -0.2) is 28.0 Å². The monoisotopic (exact) mass is 454 g/mol. The molecule has 1 fully saturated rings. The summed E-state index contributed by atoms with van der Waals surface area (Å²) in [6.45, 7) is 18.5. The summed E-state index contributed by atoms with van der Waals surface area (Å²) in [5.74, 6) is 0. The molecule has 1 N–H and O–H groups in total. The predicted octanol–water partition coefficient (Wildman–Crippen LogP) is -2.14. The minimum atomic E-state index is -1.53. The van der Waals surface area contributed by atoms with Crippen LogP contribution in [0.5, 0.6) is 0 Å². The number of hydrogen-bond donors (Lipinski definition) is 1. The Hall–Kier alpha value is 1.14. The molecular formula is C15H28Cl2NOSi2Zr. The molecule has 1 aliphatic carbocycles. The van der Waals surface area contributed by atoms with Crippen molar-refractivity contribution in [2.24, 2.45) is 0 Å². The molecule has 7 heteroatoms. The third kappa shape index (κ3) is 4.40. The fourth-order valence-electron chi connectivity index (χ4n) is 3.04. The first-order chi connectivity index (χ1) is 8.91. The van der Waals surface area contributed by atoms with E-state index in [0.29, 0.717) is 0 Å². The van der Waals surface area contributed by atoms with Gasteiger partial charge in [0.05, 0.1) is 0 Å². The summed E-state index contributed by atoms with van der Waals surface area (Å²) in [6, 6.07) is 1.34. The van der Waals surface area contributed by atoms with E-state index in [1.165, 1.54) is 11.7 Å². The van der Waals surface area contributed by atoms with Crippen molar-refractivity contribution in [3.05, 3.63) is 19.4 Å². The molecule has 22 heavy (non-hydrogen) atoms. The van der Waals surface area contributed by atoms with Crippen molar-refractivity contribution < 1.29 is 54.0 Å². The minimum Gasteiger partial charge on any atom is -1.00 e. The molecule has 1 saturated heterocycles. The van der Waals surface area contributed by atoms with Gasteiger partial charge in [-0.05, 0) is 0 Å². The Morgan fingerprint density at radius 3 is 2.05 bits per heavy atom. The summed E-state index contributed by atoms with van der Waals surface area (Å²) >= 11 is 1.55. The van der Waals surface area contributed by atoms with Crippen LogP contribution in [0.1, 0.15) is 27.7 Å². The van der Waals surface area contributed by atoms with E-state index in [1.54, 1.807) is 38.4 Å². The summed E-state index contributed by atoms with van der Waals surface area (Å²) in [5.41, 5.74) is 1.54. The van der Waals surface area contributed by atoms with Gasteiger partial charge in [-0.1, -0.05) is 0 Å². The van der Waals surface area contributed by atoms with Crippen molar-refractivity contribution in [2.75, 3.05) is 0 Å². The molecule has 2 aliphatic rings. The molecule has 0 bridgehead atoms. The Morgan fingerprint density at radius 2 is 1.68 bits per heavy atom. The van der Waals surface area contributed by atoms with E-state index in [0.717, 1.165) is 0 Å². The molecule has 2 rings (SSSR count). The largest absolute Gasteiger partial charge is 1.00 e. The van der Waals surface area contributed by atoms with Gasteiger partial charge in [0.25, 0.3) is 0 Å². The van der Waals surface area contributed by atoms with Crippen molar-refractivity contribution in [1.82, 2.24) is 5.32 Å². The van der Waals surface area contributed by atoms with Crippen LogP contribution in [-0.2, 0) is 29.1 Å². The Morgan fingerprint density at radius 1 is 1.18 bits per heavy atom. The number of allylic oxidation sites excluding steroid dienone is 2. The smallest absolute Gasteiger partial charge is 1.00 e. The zero-order chi connectivity index (χ0) is 15.5. The SMILES string of the molecule is CC[Si]1(C)C2=[C]([Zr+2])C(O[Si](C)(C)C)C(NC(C)(C)C)=C21.[Cl-].[Cl-]. The molecule has 0 saturated carbocycles. The molecule has 0 amide bonds. The molecule has 2 nitrogen and oxygen atoms in total. The van der Waals surface area contributed by atoms with Crippen LogP contribution in [0.2, 0.25) is 32.2 Å². The third-order valence-electron chi connectivity index (χ3n) is 4.04. The van der Waals surface area contributed by atoms with Crippen LogP contribution in [0.15, 0.2) is 19.4 Å². The van der Waals surface area contributed by atoms with Crippen LogP contribution >= 0.6 is 0 Å². The maximum absolute atomic E-state index is 6.51. The number of nitrogens with one attached hydrogen (secondary N) is 1. The van der Waals surface area contributed by atoms with Crippen molar-refractivity contribution in [2.45, 2.75) is 71.6 Å². The Balaban J connectivity index is 0.00000220. The second-order valence-corrected chi connectivity index (χ2v) is 18.4. The molecule has 1 aliphatic heterocycles. The molecule has 2 unspecified atom stereocenters. The van der Waals surface area contributed by atoms with Crippen molar-refractivity contribution in [1.29, 1.82) is 0 Å². The summed E-state index contributed by atoms with van der Waals surface area (Å²) in [4.78, 5) is 0. The Kier molecular flexibility index (Phi) is 7.54. The van der Waals surface area contributed by atoms with Gasteiger partial charge < -0.3 is 24.8 Å². The molecule has 0 radical (unpaired) electrons. The van der Waals surface area contributed by atoms with E-state index in [9.17, 15) is 0 Å². The third-order valence-corrected chi connectivity index (χ3v) is 11.3. The van der Waals surface area contributed by atoms with E-state index in [2.05, 4.69) is 59.2 Å². The molecule has 0 spiro atoms. The molecule has 1 heterocycles. The van der Waals surface area contributed by atoms with Gasteiger partial charge in [-0.3, -0.25) is 0 Å². The summed E-state index contributed by atoms with van der Waals surface area (Å²) < 4.78 is 8.11. The second-order valence-electron chi connectivity index (χ2n) is 8.25. The van der Waals surface area contributed by atoms with Crippen molar-refractivity contribution >= 4 is 16.4 Å². The summed E-state index contributed by atoms with van der Waals surface area (Å²) in [6.07, 6.45) is 0.246. The van der Waals surface area contributed by atoms with Crippen LogP contribution in [0.25, 0.3) is 0 Å². The molecular weight excluding hydrogens is 428 g/mol. The van der Waals surface area contributed by atoms with E-state index < -0.39 is 16.4 Å². The Bertz CT molecular complexity index is 509. The summed E-state index contributed by atoms with van der Waals surface area (Å²) in [7, 11) is -2.74. The first kappa shape index (κ1) is 23.1.